The van der Waals surface area contributed by atoms with Crippen molar-refractivity contribution in [2.24, 2.45) is 0 Å². The molecule has 1 rings (SSSR count). The van der Waals surface area contributed by atoms with Gasteiger partial charge in [0, 0.05) is 12.1 Å². The lowest BCUT2D eigenvalue weighted by Crippen LogP contribution is -2.41. The van der Waals surface area contributed by atoms with Gasteiger partial charge in [-0.05, 0) is 52.3 Å². The van der Waals surface area contributed by atoms with Crippen LogP contribution in [-0.2, 0) is 0 Å². The third-order valence-electron chi connectivity index (χ3n) is 2.79. The van der Waals surface area contributed by atoms with Gasteiger partial charge in [0.1, 0.15) is 6.10 Å². The van der Waals surface area contributed by atoms with Gasteiger partial charge < -0.3 is 14.8 Å². The fourth-order valence-electron chi connectivity index (χ4n) is 1.79. The molecule has 0 aliphatic heterocycles. The van der Waals surface area contributed by atoms with Gasteiger partial charge in [0.25, 0.3) is 0 Å². The van der Waals surface area contributed by atoms with Crippen molar-refractivity contribution in [3.63, 3.8) is 0 Å². The molecular weight excluding hydrogens is 250 g/mol. The van der Waals surface area contributed by atoms with E-state index in [9.17, 15) is 0 Å². The highest BCUT2D eigenvalue weighted by Crippen LogP contribution is 2.29. The Hall–Kier alpha value is -1.48. The first-order valence-corrected chi connectivity index (χ1v) is 7.08. The van der Waals surface area contributed by atoms with Crippen molar-refractivity contribution in [3.8, 4) is 11.5 Å². The summed E-state index contributed by atoms with van der Waals surface area (Å²) in [5.74, 6) is 1.55. The van der Waals surface area contributed by atoms with E-state index in [1.807, 2.05) is 37.3 Å². The van der Waals surface area contributed by atoms with Crippen LogP contribution >= 0.6 is 0 Å². The summed E-state index contributed by atoms with van der Waals surface area (Å²) in [7, 11) is 1.67. The molecule has 0 bridgehead atoms. The van der Waals surface area contributed by atoms with E-state index in [2.05, 4.69) is 33.0 Å². The minimum absolute atomic E-state index is 0.0793. The van der Waals surface area contributed by atoms with Crippen molar-refractivity contribution in [1.29, 1.82) is 0 Å². The molecule has 0 saturated carbocycles. The molecule has 3 nitrogen and oxygen atoms in total. The summed E-state index contributed by atoms with van der Waals surface area (Å²) < 4.78 is 11.4. The molecule has 0 aliphatic rings. The average Bonchev–Trinajstić information content (AvgIpc) is 2.37. The van der Waals surface area contributed by atoms with E-state index in [1.54, 1.807) is 7.11 Å². The molecule has 1 unspecified atom stereocenters. The zero-order valence-corrected chi connectivity index (χ0v) is 13.5. The molecule has 0 amide bonds. The first kappa shape index (κ1) is 16.6. The second-order valence-electron chi connectivity index (χ2n) is 5.97. The highest BCUT2D eigenvalue weighted by molar-refractivity contribution is 5.55. The monoisotopic (exact) mass is 277 g/mol. The lowest BCUT2D eigenvalue weighted by atomic mass is 10.1. The predicted octanol–water partition coefficient (Wildman–Crippen LogP) is 3.88. The van der Waals surface area contributed by atoms with E-state index in [4.69, 9.17) is 9.47 Å². The molecule has 112 valence electrons. The Bertz CT molecular complexity index is 447. The zero-order chi connectivity index (χ0) is 15.2. The lowest BCUT2D eigenvalue weighted by molar-refractivity contribution is 0.195. The number of ether oxygens (including phenoxy) is 2. The van der Waals surface area contributed by atoms with Gasteiger partial charge in [-0.25, -0.2) is 0 Å². The normalized spacial score (nSPS) is 13.5. The Labute approximate surface area is 123 Å². The van der Waals surface area contributed by atoms with Crippen LogP contribution in [0.1, 0.15) is 40.2 Å². The minimum atomic E-state index is 0.0793. The number of rotatable bonds is 6. The maximum absolute atomic E-state index is 5.95. The summed E-state index contributed by atoms with van der Waals surface area (Å²) >= 11 is 0. The number of hydrogen-bond donors (Lipinski definition) is 1. The van der Waals surface area contributed by atoms with E-state index in [-0.39, 0.29) is 11.6 Å². The maximum atomic E-state index is 5.95. The molecule has 0 spiro atoms. The van der Waals surface area contributed by atoms with E-state index < -0.39 is 0 Å². The summed E-state index contributed by atoms with van der Waals surface area (Å²) in [5.41, 5.74) is 1.20. The van der Waals surface area contributed by atoms with Crippen molar-refractivity contribution in [2.75, 3.05) is 13.7 Å². The summed E-state index contributed by atoms with van der Waals surface area (Å²) in [4.78, 5) is 0. The average molecular weight is 277 g/mol. The smallest absolute Gasteiger partial charge is 0.161 e. The molecular formula is C17H27NO2. The second kappa shape index (κ2) is 7.34. The molecule has 0 aromatic heterocycles. The third-order valence-corrected chi connectivity index (χ3v) is 2.79. The van der Waals surface area contributed by atoms with Gasteiger partial charge in [0.15, 0.2) is 11.5 Å². The topological polar surface area (TPSA) is 30.5 Å². The van der Waals surface area contributed by atoms with Crippen molar-refractivity contribution in [1.82, 2.24) is 5.32 Å². The zero-order valence-electron chi connectivity index (χ0n) is 13.5. The van der Waals surface area contributed by atoms with Gasteiger partial charge in [-0.1, -0.05) is 18.2 Å². The fourth-order valence-corrected chi connectivity index (χ4v) is 1.79. The van der Waals surface area contributed by atoms with E-state index >= 15 is 0 Å². The van der Waals surface area contributed by atoms with E-state index in [1.165, 1.54) is 0 Å². The number of hydrogen-bond acceptors (Lipinski definition) is 3. The molecule has 3 heteroatoms. The Morgan fingerprint density at radius 2 is 1.95 bits per heavy atom. The van der Waals surface area contributed by atoms with Gasteiger partial charge in [0.05, 0.1) is 7.11 Å². The van der Waals surface area contributed by atoms with Crippen LogP contribution in [0, 0.1) is 0 Å². The predicted molar refractivity (Wildman–Crippen MR) is 85.5 cm³/mol. The first-order chi connectivity index (χ1) is 9.35. The van der Waals surface area contributed by atoms with Gasteiger partial charge in [-0.2, -0.15) is 0 Å². The molecule has 1 aromatic rings. The van der Waals surface area contributed by atoms with Crippen LogP contribution in [-0.4, -0.2) is 25.3 Å². The summed E-state index contributed by atoms with van der Waals surface area (Å²) in [5, 5.41) is 3.43. The van der Waals surface area contributed by atoms with Crippen LogP contribution in [0.4, 0.5) is 0 Å². The minimum Gasteiger partial charge on any atom is -0.493 e. The van der Waals surface area contributed by atoms with Gasteiger partial charge in [0.2, 0.25) is 0 Å². The second-order valence-corrected chi connectivity index (χ2v) is 5.97. The Balaban J connectivity index is 2.71. The molecule has 0 fully saturated rings. The number of benzene rings is 1. The van der Waals surface area contributed by atoms with Crippen LogP contribution < -0.4 is 14.8 Å². The fraction of sp³-hybridized carbons (Fsp3) is 0.529. The molecule has 1 N–H and O–H groups in total. The SMILES string of the molecule is CC=Cc1ccc(OC(C)CNC(C)(C)C)c(OC)c1. The van der Waals surface area contributed by atoms with Crippen LogP contribution in [0.5, 0.6) is 11.5 Å². The van der Waals surface area contributed by atoms with Crippen molar-refractivity contribution >= 4 is 6.08 Å². The van der Waals surface area contributed by atoms with Crippen LogP contribution in [0.25, 0.3) is 6.08 Å². The molecule has 0 radical (unpaired) electrons. The number of allylic oxidation sites excluding steroid dienone is 1. The first-order valence-electron chi connectivity index (χ1n) is 7.08. The molecule has 1 aromatic carbocycles. The van der Waals surface area contributed by atoms with E-state index in [0.29, 0.717) is 0 Å². The van der Waals surface area contributed by atoms with Crippen molar-refractivity contribution in [2.45, 2.75) is 46.3 Å². The molecule has 0 heterocycles. The van der Waals surface area contributed by atoms with Gasteiger partial charge in [-0.15, -0.1) is 0 Å². The highest BCUT2D eigenvalue weighted by atomic mass is 16.5. The Morgan fingerprint density at radius 1 is 1.25 bits per heavy atom. The Morgan fingerprint density at radius 3 is 2.50 bits per heavy atom. The summed E-state index contributed by atoms with van der Waals surface area (Å²) in [6, 6.07) is 5.97. The Kier molecular flexibility index (Phi) is 6.08. The number of methoxy groups -OCH3 is 1. The van der Waals surface area contributed by atoms with Crippen LogP contribution in [0.3, 0.4) is 0 Å². The van der Waals surface area contributed by atoms with Crippen LogP contribution in [0.15, 0.2) is 24.3 Å². The third kappa shape index (κ3) is 5.66. The summed E-state index contributed by atoms with van der Waals surface area (Å²) in [6.07, 6.45) is 4.12. The van der Waals surface area contributed by atoms with Gasteiger partial charge in [-0.3, -0.25) is 0 Å². The van der Waals surface area contributed by atoms with Crippen molar-refractivity contribution in [3.05, 3.63) is 29.8 Å². The highest BCUT2D eigenvalue weighted by Gasteiger charge is 2.13. The standard InChI is InChI=1S/C17H27NO2/c1-7-8-14-9-10-15(16(11-14)19-6)20-13(2)12-18-17(3,4)5/h7-11,13,18H,12H2,1-6H3. The van der Waals surface area contributed by atoms with E-state index in [0.717, 1.165) is 23.6 Å². The maximum Gasteiger partial charge on any atom is 0.161 e. The molecule has 0 aliphatic carbocycles. The van der Waals surface area contributed by atoms with Crippen LogP contribution in [0.2, 0.25) is 0 Å². The number of nitrogens with one attached hydrogen (secondary N) is 1. The molecule has 0 saturated heterocycles. The lowest BCUT2D eigenvalue weighted by Gasteiger charge is -2.24. The summed E-state index contributed by atoms with van der Waals surface area (Å²) in [6.45, 7) is 11.3. The quantitative estimate of drug-likeness (QED) is 0.856. The largest absolute Gasteiger partial charge is 0.493 e. The molecule has 20 heavy (non-hydrogen) atoms. The van der Waals surface area contributed by atoms with Crippen molar-refractivity contribution < 1.29 is 9.47 Å². The molecule has 1 atom stereocenters. The van der Waals surface area contributed by atoms with Gasteiger partial charge >= 0.3 is 0 Å².